The van der Waals surface area contributed by atoms with E-state index in [4.69, 9.17) is 0 Å². The molecule has 1 atom stereocenters. The number of benzene rings is 1. The van der Waals surface area contributed by atoms with Gasteiger partial charge in [-0.1, -0.05) is 12.1 Å². The number of thiazole rings is 1. The van der Waals surface area contributed by atoms with Crippen LogP contribution in [0.2, 0.25) is 0 Å². The number of hydrogen-bond acceptors (Lipinski definition) is 4. The highest BCUT2D eigenvalue weighted by Gasteiger charge is 2.21. The summed E-state index contributed by atoms with van der Waals surface area (Å²) in [6.07, 6.45) is 3.60. The van der Waals surface area contributed by atoms with Gasteiger partial charge in [-0.25, -0.2) is 4.98 Å². The fourth-order valence-corrected chi connectivity index (χ4v) is 3.77. The highest BCUT2D eigenvalue weighted by Crippen LogP contribution is 2.23. The van der Waals surface area contributed by atoms with Gasteiger partial charge in [-0.3, -0.25) is 4.79 Å². The maximum Gasteiger partial charge on any atom is 0.222 e. The number of carbonyl (C=O) groups is 1. The maximum atomic E-state index is 12.1. The molecule has 5 heteroatoms. The molecular weight excluding hydrogens is 284 g/mol. The number of aliphatic hydroxyl groups excluding tert-OH is 1. The zero-order valence-electron chi connectivity index (χ0n) is 12.0. The van der Waals surface area contributed by atoms with Crippen molar-refractivity contribution in [3.63, 3.8) is 0 Å². The Bertz CT molecular complexity index is 593. The van der Waals surface area contributed by atoms with Crippen molar-refractivity contribution in [2.45, 2.75) is 38.2 Å². The topological polar surface area (TPSA) is 53.4 Å². The molecule has 1 N–H and O–H groups in total. The van der Waals surface area contributed by atoms with Crippen LogP contribution in [0.5, 0.6) is 0 Å². The summed E-state index contributed by atoms with van der Waals surface area (Å²) in [5.74, 6) is 0.162. The summed E-state index contributed by atoms with van der Waals surface area (Å²) in [6.45, 7) is 1.29. The third-order valence-corrected chi connectivity index (χ3v) is 4.96. The number of nitrogens with zero attached hydrogens (tertiary/aromatic N) is 2. The number of carbonyl (C=O) groups excluding carboxylic acids is 1. The number of aromatic nitrogens is 1. The molecule has 0 saturated carbocycles. The number of piperidine rings is 1. The predicted molar refractivity (Wildman–Crippen MR) is 84.4 cm³/mol. The molecule has 0 radical (unpaired) electrons. The van der Waals surface area contributed by atoms with Crippen LogP contribution in [0.1, 0.15) is 30.7 Å². The first-order chi connectivity index (χ1) is 10.2. The lowest BCUT2D eigenvalue weighted by atomic mass is 10.1. The summed E-state index contributed by atoms with van der Waals surface area (Å²) in [5.41, 5.74) is 1.04. The van der Waals surface area contributed by atoms with E-state index >= 15 is 0 Å². The predicted octanol–water partition coefficient (Wildman–Crippen LogP) is 2.60. The number of aliphatic hydroxyl groups is 1. The fraction of sp³-hybridized carbons (Fsp3) is 0.500. The Morgan fingerprint density at radius 3 is 3.10 bits per heavy atom. The summed E-state index contributed by atoms with van der Waals surface area (Å²) in [7, 11) is 0. The Balaban J connectivity index is 1.50. The Labute approximate surface area is 128 Å². The molecular formula is C16H20N2O2S. The minimum atomic E-state index is -0.341. The molecule has 0 spiro atoms. The molecule has 2 aromatic rings. The summed E-state index contributed by atoms with van der Waals surface area (Å²) < 4.78 is 1.21. The highest BCUT2D eigenvalue weighted by atomic mass is 32.1. The van der Waals surface area contributed by atoms with Crippen LogP contribution in [0.3, 0.4) is 0 Å². The molecule has 1 aromatic heterocycles. The van der Waals surface area contributed by atoms with Crippen LogP contribution >= 0.6 is 11.3 Å². The summed E-state index contributed by atoms with van der Waals surface area (Å²) >= 11 is 1.71. The van der Waals surface area contributed by atoms with Crippen LogP contribution in [0.15, 0.2) is 24.3 Å². The first-order valence-electron chi connectivity index (χ1n) is 7.52. The second-order valence-corrected chi connectivity index (χ2v) is 6.68. The maximum absolute atomic E-state index is 12.1. The molecule has 3 rings (SSSR count). The number of hydrogen-bond donors (Lipinski definition) is 1. The lowest BCUT2D eigenvalue weighted by molar-refractivity contribution is -0.134. The molecule has 4 nitrogen and oxygen atoms in total. The Morgan fingerprint density at radius 2 is 2.29 bits per heavy atom. The minimum Gasteiger partial charge on any atom is -0.391 e. The number of amides is 1. The van der Waals surface area contributed by atoms with Gasteiger partial charge in [-0.05, 0) is 37.8 Å². The molecule has 112 valence electrons. The molecule has 1 aliphatic rings. The fourth-order valence-electron chi connectivity index (χ4n) is 2.76. The highest BCUT2D eigenvalue weighted by molar-refractivity contribution is 7.18. The van der Waals surface area contributed by atoms with E-state index in [1.54, 1.807) is 16.2 Å². The van der Waals surface area contributed by atoms with Gasteiger partial charge in [0.2, 0.25) is 5.91 Å². The van der Waals surface area contributed by atoms with E-state index in [1.165, 1.54) is 4.70 Å². The van der Waals surface area contributed by atoms with Crippen LogP contribution in [0.25, 0.3) is 10.2 Å². The van der Waals surface area contributed by atoms with Crippen LogP contribution in [-0.2, 0) is 11.2 Å². The Kier molecular flexibility index (Phi) is 4.51. The quantitative estimate of drug-likeness (QED) is 0.944. The van der Waals surface area contributed by atoms with Gasteiger partial charge in [0, 0.05) is 19.5 Å². The normalized spacial score (nSPS) is 19.1. The zero-order chi connectivity index (χ0) is 14.7. The minimum absolute atomic E-state index is 0.162. The summed E-state index contributed by atoms with van der Waals surface area (Å²) in [4.78, 5) is 18.5. The van der Waals surface area contributed by atoms with E-state index in [9.17, 15) is 9.90 Å². The van der Waals surface area contributed by atoms with Crippen LogP contribution < -0.4 is 0 Å². The largest absolute Gasteiger partial charge is 0.391 e. The molecule has 1 aliphatic heterocycles. The third-order valence-electron chi connectivity index (χ3n) is 3.87. The number of para-hydroxylation sites is 1. The molecule has 21 heavy (non-hydrogen) atoms. The number of likely N-dealkylation sites (tertiary alicyclic amines) is 1. The van der Waals surface area contributed by atoms with Crippen molar-refractivity contribution in [2.24, 2.45) is 0 Å². The number of fused-ring (bicyclic) bond motifs is 1. The van der Waals surface area contributed by atoms with E-state index in [1.807, 2.05) is 18.2 Å². The number of rotatable bonds is 4. The van der Waals surface area contributed by atoms with Crippen LogP contribution in [0, 0.1) is 0 Å². The van der Waals surface area contributed by atoms with Crippen molar-refractivity contribution in [1.29, 1.82) is 0 Å². The third kappa shape index (κ3) is 3.60. The van der Waals surface area contributed by atoms with Crippen molar-refractivity contribution in [3.05, 3.63) is 29.3 Å². The van der Waals surface area contributed by atoms with Crippen LogP contribution in [-0.4, -0.2) is 40.1 Å². The molecule has 1 unspecified atom stereocenters. The molecule has 1 amide bonds. The van der Waals surface area contributed by atoms with Crippen molar-refractivity contribution < 1.29 is 9.90 Å². The van der Waals surface area contributed by atoms with Gasteiger partial charge < -0.3 is 10.0 Å². The van der Waals surface area contributed by atoms with Gasteiger partial charge >= 0.3 is 0 Å². The van der Waals surface area contributed by atoms with Gasteiger partial charge in [-0.2, -0.15) is 0 Å². The second kappa shape index (κ2) is 6.54. The lowest BCUT2D eigenvalue weighted by Crippen LogP contribution is -2.42. The second-order valence-electron chi connectivity index (χ2n) is 5.56. The summed E-state index contributed by atoms with van der Waals surface area (Å²) in [6, 6.07) is 8.12. The SMILES string of the molecule is O=C(CCCc1nc2ccccc2s1)N1CCCC(O)C1. The first kappa shape index (κ1) is 14.5. The monoisotopic (exact) mass is 304 g/mol. The lowest BCUT2D eigenvalue weighted by Gasteiger charge is -2.30. The zero-order valence-corrected chi connectivity index (χ0v) is 12.8. The van der Waals surface area contributed by atoms with E-state index in [2.05, 4.69) is 11.1 Å². The molecule has 1 aromatic carbocycles. The molecule has 0 bridgehead atoms. The van der Waals surface area contributed by atoms with Gasteiger partial charge in [0.1, 0.15) is 0 Å². The van der Waals surface area contributed by atoms with Crippen LogP contribution in [0.4, 0.5) is 0 Å². The standard InChI is InChI=1S/C16H20N2O2S/c19-12-5-4-10-18(11-12)16(20)9-3-8-15-17-13-6-1-2-7-14(13)21-15/h1-2,6-7,12,19H,3-5,8-11H2. The van der Waals surface area contributed by atoms with E-state index < -0.39 is 0 Å². The molecule has 0 aliphatic carbocycles. The average Bonchev–Trinajstić information content (AvgIpc) is 2.89. The number of β-amino-alcohol motifs (C(OH)–C–C–N with tert-alkyl or cyclic N) is 1. The van der Waals surface area contributed by atoms with Crippen molar-refractivity contribution in [1.82, 2.24) is 9.88 Å². The summed E-state index contributed by atoms with van der Waals surface area (Å²) in [5, 5.41) is 10.7. The van der Waals surface area contributed by atoms with E-state index in [-0.39, 0.29) is 12.0 Å². The van der Waals surface area contributed by atoms with Crippen molar-refractivity contribution in [3.8, 4) is 0 Å². The molecule has 2 heterocycles. The van der Waals surface area contributed by atoms with Crippen molar-refractivity contribution >= 4 is 27.5 Å². The Hall–Kier alpha value is -1.46. The van der Waals surface area contributed by atoms with Gasteiger partial charge in [0.25, 0.3) is 0 Å². The van der Waals surface area contributed by atoms with E-state index in [0.717, 1.165) is 42.8 Å². The smallest absolute Gasteiger partial charge is 0.222 e. The van der Waals surface area contributed by atoms with Gasteiger partial charge in [0.15, 0.2) is 0 Å². The van der Waals surface area contributed by atoms with Gasteiger partial charge in [-0.15, -0.1) is 11.3 Å². The molecule has 1 fully saturated rings. The number of aryl methyl sites for hydroxylation is 1. The molecule has 1 saturated heterocycles. The van der Waals surface area contributed by atoms with Gasteiger partial charge in [0.05, 0.1) is 21.3 Å². The first-order valence-corrected chi connectivity index (χ1v) is 8.34. The van der Waals surface area contributed by atoms with E-state index in [0.29, 0.717) is 13.0 Å². The van der Waals surface area contributed by atoms with Crippen molar-refractivity contribution in [2.75, 3.05) is 13.1 Å². The average molecular weight is 304 g/mol. The Morgan fingerprint density at radius 1 is 1.43 bits per heavy atom.